The predicted molar refractivity (Wildman–Crippen MR) is 217 cm³/mol. The molecule has 0 N–H and O–H groups in total. The lowest BCUT2D eigenvalue weighted by molar-refractivity contribution is -0.168. The van der Waals surface area contributed by atoms with Crippen LogP contribution < -0.4 is 0 Å². The van der Waals surface area contributed by atoms with Crippen molar-refractivity contribution in [2.24, 2.45) is 5.41 Å². The zero-order valence-corrected chi connectivity index (χ0v) is 32.1. The number of ether oxygens (including phenoxy) is 3. The molecule has 2 bridgehead atoms. The van der Waals surface area contributed by atoms with E-state index in [-0.39, 0.29) is 12.8 Å². The van der Waals surface area contributed by atoms with Crippen molar-refractivity contribution >= 4 is 11.9 Å². The van der Waals surface area contributed by atoms with Crippen molar-refractivity contribution < 1.29 is 23.8 Å². The highest BCUT2D eigenvalue weighted by molar-refractivity contribution is 6.03. The van der Waals surface area contributed by atoms with Crippen LogP contribution in [0.2, 0.25) is 0 Å². The lowest BCUT2D eigenvalue weighted by atomic mass is 9.64. The molecule has 9 rings (SSSR count). The Balaban J connectivity index is 1.50. The Labute approximate surface area is 328 Å². The molecule has 5 nitrogen and oxygen atoms in total. The van der Waals surface area contributed by atoms with Gasteiger partial charge >= 0.3 is 11.9 Å². The van der Waals surface area contributed by atoms with Crippen LogP contribution >= 0.6 is 0 Å². The van der Waals surface area contributed by atoms with Gasteiger partial charge in [0.1, 0.15) is 11.2 Å². The van der Waals surface area contributed by atoms with Gasteiger partial charge in [-0.1, -0.05) is 147 Å². The maximum absolute atomic E-state index is 14.1. The van der Waals surface area contributed by atoms with Gasteiger partial charge in [-0.05, 0) is 75.0 Å². The van der Waals surface area contributed by atoms with E-state index >= 15 is 0 Å². The van der Waals surface area contributed by atoms with E-state index in [4.69, 9.17) is 14.2 Å². The number of benzene rings is 6. The predicted octanol–water partition coefficient (Wildman–Crippen LogP) is 9.24. The van der Waals surface area contributed by atoms with Gasteiger partial charge in [0.05, 0.1) is 14.2 Å². The van der Waals surface area contributed by atoms with E-state index in [2.05, 4.69) is 135 Å². The number of aryl methyl sites for hydroxylation is 2. The van der Waals surface area contributed by atoms with Crippen LogP contribution in [-0.4, -0.2) is 26.2 Å². The molecule has 0 saturated carbocycles. The van der Waals surface area contributed by atoms with E-state index in [1.165, 1.54) is 25.3 Å². The second-order valence-electron chi connectivity index (χ2n) is 15.0. The fraction of sp³-hybridized carbons (Fsp3) is 0.216. The molecule has 276 valence electrons. The van der Waals surface area contributed by atoms with Crippen LogP contribution in [-0.2, 0) is 60.7 Å². The summed E-state index contributed by atoms with van der Waals surface area (Å²) >= 11 is 0. The lowest BCUT2D eigenvalue weighted by Gasteiger charge is -2.35. The van der Waals surface area contributed by atoms with Crippen molar-refractivity contribution in [1.82, 2.24) is 0 Å². The van der Waals surface area contributed by atoms with Crippen LogP contribution in [0.1, 0.15) is 80.6 Å². The van der Waals surface area contributed by atoms with Crippen molar-refractivity contribution in [3.63, 3.8) is 0 Å². The van der Waals surface area contributed by atoms with Crippen molar-refractivity contribution in [3.8, 4) is 23.0 Å². The highest BCUT2D eigenvalue weighted by atomic mass is 16.5. The second-order valence-corrected chi connectivity index (χ2v) is 15.0. The van der Waals surface area contributed by atoms with Crippen molar-refractivity contribution in [2.45, 2.75) is 50.7 Å². The quantitative estimate of drug-likeness (QED) is 0.0930. The molecule has 2 atom stereocenters. The maximum atomic E-state index is 14.1. The number of fused-ring (bicyclic) bond motifs is 10. The molecule has 0 aromatic heterocycles. The molecule has 0 unspecified atom stereocenters. The molecule has 2 aliphatic heterocycles. The van der Waals surface area contributed by atoms with Crippen LogP contribution in [0, 0.1) is 17.3 Å². The third kappa shape index (κ3) is 4.92. The zero-order valence-electron chi connectivity index (χ0n) is 32.1. The summed E-state index contributed by atoms with van der Waals surface area (Å²) < 4.78 is 18.8. The SMILES string of the molecule is CCc1ccc(C#Cc2c3c(c4c(c2-c2ccc(CC)cc2)[C@@]2(c5ccccc5)O[C@]4(c4ccccc4)c4ccccc42)CC(C(=O)OC)(C(=O)OC)C3)cc1. The number of methoxy groups -OCH3 is 2. The highest BCUT2D eigenvalue weighted by Crippen LogP contribution is 2.70. The monoisotopic (exact) mass is 734 g/mol. The summed E-state index contributed by atoms with van der Waals surface area (Å²) in [6, 6.07) is 46.2. The standard InChI is InChI=1S/C51H42O5/c1-5-33-21-23-35(24-22-33)27-30-39-40-31-49(47(52)54-3,48(53)55-4)32-41(40)45-46(44(39)36-28-25-34(6-2)26-29-36)51(38-17-11-8-12-18-38)43-20-14-13-19-42(43)50(45,56-51)37-15-9-7-10-16-37/h7-26,28-29H,5-6,31-32H2,1-4H3/t50-,51+/m1/s1. The van der Waals surface area contributed by atoms with Crippen LogP contribution in [0.4, 0.5) is 0 Å². The summed E-state index contributed by atoms with van der Waals surface area (Å²) in [5, 5.41) is 0. The first-order valence-corrected chi connectivity index (χ1v) is 19.4. The number of hydrogen-bond donors (Lipinski definition) is 0. The molecule has 0 spiro atoms. The molecule has 6 aromatic carbocycles. The minimum absolute atomic E-state index is 0.0681. The van der Waals surface area contributed by atoms with Crippen LogP contribution in [0.3, 0.4) is 0 Å². The Bertz CT molecular complexity index is 2560. The van der Waals surface area contributed by atoms with Crippen LogP contribution in [0.5, 0.6) is 0 Å². The van der Waals surface area contributed by atoms with E-state index in [1.54, 1.807) is 0 Å². The molecule has 5 heteroatoms. The molecule has 56 heavy (non-hydrogen) atoms. The largest absolute Gasteiger partial charge is 0.468 e. The topological polar surface area (TPSA) is 61.8 Å². The summed E-state index contributed by atoms with van der Waals surface area (Å²) in [6.07, 6.45) is 1.97. The number of hydrogen-bond acceptors (Lipinski definition) is 5. The van der Waals surface area contributed by atoms with Crippen LogP contribution in [0.15, 0.2) is 133 Å². The van der Waals surface area contributed by atoms with Gasteiger partial charge in [-0.2, -0.15) is 0 Å². The van der Waals surface area contributed by atoms with Gasteiger partial charge in [-0.15, -0.1) is 0 Å². The third-order valence-corrected chi connectivity index (χ3v) is 12.2. The smallest absolute Gasteiger partial charge is 0.323 e. The Morgan fingerprint density at radius 3 is 1.59 bits per heavy atom. The summed E-state index contributed by atoms with van der Waals surface area (Å²) in [7, 11) is 2.66. The lowest BCUT2D eigenvalue weighted by Crippen LogP contribution is -2.42. The molecular weight excluding hydrogens is 693 g/mol. The molecular formula is C51H42O5. The van der Waals surface area contributed by atoms with Crippen LogP contribution in [0.25, 0.3) is 11.1 Å². The summed E-state index contributed by atoms with van der Waals surface area (Å²) in [6.45, 7) is 4.29. The number of rotatable bonds is 7. The maximum Gasteiger partial charge on any atom is 0.323 e. The third-order valence-electron chi connectivity index (χ3n) is 12.2. The van der Waals surface area contributed by atoms with Gasteiger partial charge in [0.2, 0.25) is 0 Å². The minimum Gasteiger partial charge on any atom is -0.468 e. The minimum atomic E-state index is -1.62. The van der Waals surface area contributed by atoms with Gasteiger partial charge in [0.25, 0.3) is 0 Å². The Hall–Kier alpha value is -6.22. The first-order valence-electron chi connectivity index (χ1n) is 19.4. The van der Waals surface area contributed by atoms with E-state index in [9.17, 15) is 9.59 Å². The first-order chi connectivity index (χ1) is 27.4. The summed E-state index contributed by atoms with van der Waals surface area (Å²) in [5.74, 6) is 5.92. The summed E-state index contributed by atoms with van der Waals surface area (Å²) in [4.78, 5) is 28.2. The van der Waals surface area contributed by atoms with E-state index < -0.39 is 28.6 Å². The number of carbonyl (C=O) groups excluding carboxylic acids is 2. The number of carbonyl (C=O) groups is 2. The van der Waals surface area contributed by atoms with E-state index in [0.29, 0.717) is 0 Å². The highest BCUT2D eigenvalue weighted by Gasteiger charge is 2.68. The van der Waals surface area contributed by atoms with E-state index in [1.807, 2.05) is 24.3 Å². The van der Waals surface area contributed by atoms with Gasteiger partial charge in [-0.3, -0.25) is 9.59 Å². The molecule has 0 saturated heterocycles. The van der Waals surface area contributed by atoms with Crippen molar-refractivity contribution in [3.05, 3.63) is 200 Å². The Morgan fingerprint density at radius 2 is 1.07 bits per heavy atom. The van der Waals surface area contributed by atoms with Gasteiger partial charge in [0.15, 0.2) is 5.41 Å². The average molecular weight is 735 g/mol. The number of esters is 2. The molecule has 0 amide bonds. The Morgan fingerprint density at radius 1 is 0.589 bits per heavy atom. The van der Waals surface area contributed by atoms with Crippen molar-refractivity contribution in [2.75, 3.05) is 14.2 Å². The zero-order chi connectivity index (χ0) is 38.7. The Kier molecular flexibility index (Phi) is 8.56. The average Bonchev–Trinajstić information content (AvgIpc) is 3.93. The van der Waals surface area contributed by atoms with Gasteiger partial charge < -0.3 is 14.2 Å². The second kappa shape index (κ2) is 13.5. The molecule has 0 fully saturated rings. The van der Waals surface area contributed by atoms with E-state index in [0.717, 1.165) is 79.6 Å². The summed E-state index contributed by atoms with van der Waals surface area (Å²) in [5.41, 5.74) is 9.86. The molecule has 2 heterocycles. The fourth-order valence-corrected chi connectivity index (χ4v) is 9.58. The fourth-order valence-electron chi connectivity index (χ4n) is 9.58. The molecule has 0 radical (unpaired) electrons. The van der Waals surface area contributed by atoms with Crippen molar-refractivity contribution in [1.29, 1.82) is 0 Å². The molecule has 3 aliphatic rings. The van der Waals surface area contributed by atoms with Gasteiger partial charge in [0, 0.05) is 40.7 Å². The first kappa shape index (κ1) is 35.5. The molecule has 6 aromatic rings. The molecule has 1 aliphatic carbocycles. The van der Waals surface area contributed by atoms with Gasteiger partial charge in [-0.25, -0.2) is 0 Å². The normalized spacial score (nSPS) is 19.3.